The summed E-state index contributed by atoms with van der Waals surface area (Å²) in [6.45, 7) is 4.46. The molecule has 0 radical (unpaired) electrons. The van der Waals surface area contributed by atoms with E-state index in [9.17, 15) is 0 Å². The van der Waals surface area contributed by atoms with Crippen LogP contribution in [0.15, 0.2) is 33.9 Å². The summed E-state index contributed by atoms with van der Waals surface area (Å²) in [7, 11) is 0. The van der Waals surface area contributed by atoms with Crippen LogP contribution in [0.5, 0.6) is 0 Å². The summed E-state index contributed by atoms with van der Waals surface area (Å²) in [5.74, 6) is 3.15. The quantitative estimate of drug-likeness (QED) is 0.652. The van der Waals surface area contributed by atoms with E-state index in [4.69, 9.17) is 4.42 Å². The average Bonchev–Trinajstić information content (AvgIpc) is 2.71. The van der Waals surface area contributed by atoms with Crippen molar-refractivity contribution in [3.63, 3.8) is 0 Å². The van der Waals surface area contributed by atoms with Gasteiger partial charge in [0, 0.05) is 5.75 Å². The van der Waals surface area contributed by atoms with E-state index in [1.165, 1.54) is 0 Å². The molecule has 17 heavy (non-hydrogen) atoms. The van der Waals surface area contributed by atoms with E-state index in [1.807, 2.05) is 24.3 Å². The SMILES string of the molecule is CC(C)C(CS)CSc1nc2ccccc2o1. The highest BCUT2D eigenvalue weighted by Crippen LogP contribution is 2.27. The molecule has 0 N–H and O–H groups in total. The molecule has 0 amide bonds. The molecule has 0 spiro atoms. The summed E-state index contributed by atoms with van der Waals surface area (Å²) in [5, 5.41) is 0.763. The number of benzene rings is 1. The number of thioether (sulfide) groups is 1. The second-order valence-corrected chi connectivity index (χ2v) is 5.78. The Kier molecular flexibility index (Phi) is 4.40. The third kappa shape index (κ3) is 3.19. The summed E-state index contributed by atoms with van der Waals surface area (Å²) in [5.41, 5.74) is 1.80. The molecule has 1 aromatic carbocycles. The zero-order chi connectivity index (χ0) is 12.3. The van der Waals surface area contributed by atoms with E-state index in [0.717, 1.165) is 27.8 Å². The normalized spacial score (nSPS) is 13.4. The third-order valence-electron chi connectivity index (χ3n) is 2.87. The molecule has 0 saturated carbocycles. The average molecular weight is 267 g/mol. The predicted molar refractivity (Wildman–Crippen MR) is 76.9 cm³/mol. The molecule has 4 heteroatoms. The van der Waals surface area contributed by atoms with Crippen molar-refractivity contribution < 1.29 is 4.42 Å². The summed E-state index contributed by atoms with van der Waals surface area (Å²) >= 11 is 6.07. The van der Waals surface area contributed by atoms with Gasteiger partial charge >= 0.3 is 0 Å². The summed E-state index contributed by atoms with van der Waals surface area (Å²) in [6.07, 6.45) is 0. The van der Waals surface area contributed by atoms with Gasteiger partial charge in [-0.1, -0.05) is 37.7 Å². The Labute approximate surface area is 112 Å². The number of fused-ring (bicyclic) bond motifs is 1. The van der Waals surface area contributed by atoms with Gasteiger partial charge in [0.2, 0.25) is 0 Å². The van der Waals surface area contributed by atoms with E-state index in [1.54, 1.807) is 11.8 Å². The minimum Gasteiger partial charge on any atom is -0.431 e. The number of para-hydroxylation sites is 2. The molecular formula is C13H17NOS2. The summed E-state index contributed by atoms with van der Waals surface area (Å²) in [4.78, 5) is 4.45. The van der Waals surface area contributed by atoms with E-state index in [-0.39, 0.29) is 0 Å². The Balaban J connectivity index is 2.03. The van der Waals surface area contributed by atoms with Gasteiger partial charge in [0.1, 0.15) is 5.52 Å². The number of hydrogen-bond donors (Lipinski definition) is 1. The number of nitrogens with zero attached hydrogens (tertiary/aromatic N) is 1. The maximum atomic E-state index is 5.67. The molecule has 2 nitrogen and oxygen atoms in total. The van der Waals surface area contributed by atoms with Crippen molar-refractivity contribution in [1.82, 2.24) is 4.98 Å². The first kappa shape index (κ1) is 12.8. The van der Waals surface area contributed by atoms with Gasteiger partial charge in [-0.3, -0.25) is 0 Å². The monoisotopic (exact) mass is 267 g/mol. The number of thiol groups is 1. The maximum absolute atomic E-state index is 5.67. The van der Waals surface area contributed by atoms with Crippen molar-refractivity contribution in [2.24, 2.45) is 11.8 Å². The number of hydrogen-bond acceptors (Lipinski definition) is 4. The second-order valence-electron chi connectivity index (χ2n) is 4.45. The molecule has 1 heterocycles. The molecule has 2 aromatic rings. The van der Waals surface area contributed by atoms with Crippen molar-refractivity contribution in [1.29, 1.82) is 0 Å². The van der Waals surface area contributed by atoms with Crippen LogP contribution in [-0.4, -0.2) is 16.5 Å². The first-order valence-electron chi connectivity index (χ1n) is 5.80. The molecule has 92 valence electrons. The first-order valence-corrected chi connectivity index (χ1v) is 7.41. The van der Waals surface area contributed by atoms with E-state index in [0.29, 0.717) is 11.8 Å². The van der Waals surface area contributed by atoms with Crippen LogP contribution in [0, 0.1) is 11.8 Å². The lowest BCUT2D eigenvalue weighted by molar-refractivity contribution is 0.464. The fourth-order valence-electron chi connectivity index (χ4n) is 1.55. The molecule has 1 unspecified atom stereocenters. The van der Waals surface area contributed by atoms with Gasteiger partial charge in [-0.2, -0.15) is 12.6 Å². The van der Waals surface area contributed by atoms with Crippen LogP contribution < -0.4 is 0 Å². The van der Waals surface area contributed by atoms with Gasteiger partial charge in [-0.25, -0.2) is 4.98 Å². The van der Waals surface area contributed by atoms with Crippen LogP contribution in [0.4, 0.5) is 0 Å². The number of rotatable bonds is 5. The fraction of sp³-hybridized carbons (Fsp3) is 0.462. The van der Waals surface area contributed by atoms with Crippen LogP contribution in [-0.2, 0) is 0 Å². The maximum Gasteiger partial charge on any atom is 0.256 e. The van der Waals surface area contributed by atoms with Gasteiger partial charge < -0.3 is 4.42 Å². The highest BCUT2D eigenvalue weighted by Gasteiger charge is 2.14. The summed E-state index contributed by atoms with van der Waals surface area (Å²) < 4.78 is 5.67. The highest BCUT2D eigenvalue weighted by atomic mass is 32.2. The van der Waals surface area contributed by atoms with E-state index < -0.39 is 0 Å². The highest BCUT2D eigenvalue weighted by molar-refractivity contribution is 7.99. The Hall–Kier alpha value is -0.610. The van der Waals surface area contributed by atoms with Crippen molar-refractivity contribution in [2.45, 2.75) is 19.1 Å². The van der Waals surface area contributed by atoms with Crippen molar-refractivity contribution in [3.8, 4) is 0 Å². The lowest BCUT2D eigenvalue weighted by Crippen LogP contribution is -2.13. The van der Waals surface area contributed by atoms with Crippen molar-refractivity contribution >= 4 is 35.5 Å². The Morgan fingerprint density at radius 3 is 2.76 bits per heavy atom. The molecule has 0 aliphatic carbocycles. The van der Waals surface area contributed by atoms with E-state index in [2.05, 4.69) is 31.5 Å². The van der Waals surface area contributed by atoms with Gasteiger partial charge in [0.25, 0.3) is 5.22 Å². The summed E-state index contributed by atoms with van der Waals surface area (Å²) in [6, 6.07) is 7.86. The standard InChI is InChI=1S/C13H17NOS2/c1-9(2)10(7-16)8-17-13-14-11-5-3-4-6-12(11)15-13/h3-6,9-10,16H,7-8H2,1-2H3. The Morgan fingerprint density at radius 1 is 1.35 bits per heavy atom. The largest absolute Gasteiger partial charge is 0.431 e. The zero-order valence-corrected chi connectivity index (χ0v) is 11.8. The van der Waals surface area contributed by atoms with Crippen LogP contribution in [0.1, 0.15) is 13.8 Å². The smallest absolute Gasteiger partial charge is 0.256 e. The number of oxazole rings is 1. The van der Waals surface area contributed by atoms with Crippen molar-refractivity contribution in [2.75, 3.05) is 11.5 Å². The molecule has 0 aliphatic rings. The Morgan fingerprint density at radius 2 is 2.12 bits per heavy atom. The van der Waals surface area contributed by atoms with Gasteiger partial charge in [0.15, 0.2) is 5.58 Å². The molecule has 0 fully saturated rings. The Bertz CT molecular complexity index is 448. The molecular weight excluding hydrogens is 250 g/mol. The molecule has 0 bridgehead atoms. The van der Waals surface area contributed by atoms with Gasteiger partial charge in [-0.15, -0.1) is 0 Å². The minimum atomic E-state index is 0.596. The van der Waals surface area contributed by atoms with Crippen LogP contribution in [0.2, 0.25) is 0 Å². The third-order valence-corrected chi connectivity index (χ3v) is 4.36. The topological polar surface area (TPSA) is 26.0 Å². The van der Waals surface area contributed by atoms with Gasteiger partial charge in [0.05, 0.1) is 0 Å². The van der Waals surface area contributed by atoms with E-state index >= 15 is 0 Å². The minimum absolute atomic E-state index is 0.596. The van der Waals surface area contributed by atoms with Crippen LogP contribution >= 0.6 is 24.4 Å². The molecule has 2 rings (SSSR count). The first-order chi connectivity index (χ1) is 8.20. The molecule has 0 aliphatic heterocycles. The zero-order valence-electron chi connectivity index (χ0n) is 10.1. The molecule has 1 aromatic heterocycles. The van der Waals surface area contributed by atoms with Crippen LogP contribution in [0.3, 0.4) is 0 Å². The molecule has 1 atom stereocenters. The van der Waals surface area contributed by atoms with Crippen molar-refractivity contribution in [3.05, 3.63) is 24.3 Å². The lowest BCUT2D eigenvalue weighted by Gasteiger charge is -2.16. The number of aromatic nitrogens is 1. The van der Waals surface area contributed by atoms with Gasteiger partial charge in [-0.05, 0) is 29.7 Å². The van der Waals surface area contributed by atoms with Crippen LogP contribution in [0.25, 0.3) is 11.1 Å². The second kappa shape index (κ2) is 5.83. The fourth-order valence-corrected chi connectivity index (χ4v) is 3.44. The predicted octanol–water partition coefficient (Wildman–Crippen LogP) is 4.12. The molecule has 0 saturated heterocycles. The lowest BCUT2D eigenvalue weighted by atomic mass is 10.0.